The molecule has 0 aliphatic carbocycles. The number of amidine groups is 1. The summed E-state index contributed by atoms with van der Waals surface area (Å²) in [5, 5.41) is 9.50. The molecule has 0 bridgehead atoms. The third kappa shape index (κ3) is 6.73. The number of amides is 1. The molecule has 2 aliphatic heterocycles. The van der Waals surface area contributed by atoms with Crippen LogP contribution in [0.5, 0.6) is 0 Å². The van der Waals surface area contributed by atoms with Crippen molar-refractivity contribution in [1.82, 2.24) is 14.8 Å². The van der Waals surface area contributed by atoms with Gasteiger partial charge in [-0.3, -0.25) is 9.69 Å². The summed E-state index contributed by atoms with van der Waals surface area (Å²) in [6.45, 7) is 17.8. The van der Waals surface area contributed by atoms with Crippen LogP contribution < -0.4 is 4.90 Å². The fourth-order valence-corrected chi connectivity index (χ4v) is 5.82. The molecule has 7 nitrogen and oxygen atoms in total. The molecule has 3 heterocycles. The van der Waals surface area contributed by atoms with E-state index >= 15 is 4.39 Å². The van der Waals surface area contributed by atoms with E-state index < -0.39 is 0 Å². The smallest absolute Gasteiger partial charge is 0.254 e. The van der Waals surface area contributed by atoms with Crippen molar-refractivity contribution in [1.29, 1.82) is 5.26 Å². The molecule has 1 amide bonds. The second-order valence-electron chi connectivity index (χ2n) is 11.0. The number of aromatic nitrogens is 1. The van der Waals surface area contributed by atoms with Gasteiger partial charge in [0.15, 0.2) is 0 Å². The van der Waals surface area contributed by atoms with Gasteiger partial charge in [-0.25, -0.2) is 14.4 Å². The van der Waals surface area contributed by atoms with Gasteiger partial charge in [-0.2, -0.15) is 5.26 Å². The number of aliphatic imine (C=N–C) groups is 1. The number of halogens is 1. The number of carbonyl (C=O) groups excluding carboxylic acids is 1. The molecule has 1 atom stereocenters. The molecule has 0 N–H and O–H groups in total. The Morgan fingerprint density at radius 2 is 1.84 bits per heavy atom. The van der Waals surface area contributed by atoms with Crippen LogP contribution in [0.15, 0.2) is 102 Å². The normalized spacial score (nSPS) is 18.3. The third-order valence-electron chi connectivity index (χ3n) is 8.02. The Hall–Kier alpha value is -5.03. The maximum absolute atomic E-state index is 15.3. The number of rotatable bonds is 6. The summed E-state index contributed by atoms with van der Waals surface area (Å²) in [6, 6.07) is 19.9. The summed E-state index contributed by atoms with van der Waals surface area (Å²) < 4.78 is 15.3. The van der Waals surface area contributed by atoms with Crippen LogP contribution in [0.1, 0.15) is 74.5 Å². The molecule has 2 aliphatic rings. The zero-order chi connectivity index (χ0) is 32.7. The largest absolute Gasteiger partial charge is 0.371 e. The average Bonchev–Trinajstić information content (AvgIpc) is 3.44. The van der Waals surface area contributed by atoms with Crippen molar-refractivity contribution < 1.29 is 9.18 Å². The summed E-state index contributed by atoms with van der Waals surface area (Å²) in [5.41, 5.74) is 4.97. The second-order valence-corrected chi connectivity index (χ2v) is 11.0. The lowest BCUT2D eigenvalue weighted by Gasteiger charge is -2.42. The first-order valence-electron chi connectivity index (χ1n) is 15.4. The lowest BCUT2D eigenvalue weighted by molar-refractivity contribution is 0.0541. The van der Waals surface area contributed by atoms with Gasteiger partial charge in [-0.05, 0) is 49.6 Å². The maximum atomic E-state index is 15.3. The molecule has 8 heteroatoms. The zero-order valence-corrected chi connectivity index (χ0v) is 27.0. The molecule has 2 aromatic carbocycles. The molecule has 232 valence electrons. The maximum Gasteiger partial charge on any atom is 0.254 e. The minimum atomic E-state index is -0.356. The Morgan fingerprint density at radius 3 is 2.51 bits per heavy atom. The van der Waals surface area contributed by atoms with E-state index in [1.807, 2.05) is 56.1 Å². The molecule has 0 saturated carbocycles. The van der Waals surface area contributed by atoms with Crippen molar-refractivity contribution >= 4 is 23.1 Å². The Kier molecular flexibility index (Phi) is 10.7. The highest BCUT2D eigenvalue weighted by Gasteiger charge is 2.35. The van der Waals surface area contributed by atoms with E-state index in [4.69, 9.17) is 0 Å². The van der Waals surface area contributed by atoms with E-state index in [2.05, 4.69) is 48.3 Å². The minimum absolute atomic E-state index is 0.0399. The van der Waals surface area contributed by atoms with Crippen LogP contribution in [0.25, 0.3) is 5.57 Å². The Bertz CT molecular complexity index is 1700. The molecule has 0 radical (unpaired) electrons. The van der Waals surface area contributed by atoms with Gasteiger partial charge in [0, 0.05) is 72.2 Å². The predicted octanol–water partition coefficient (Wildman–Crippen LogP) is 7.77. The number of allylic oxidation sites excluding steroid dienone is 1. The summed E-state index contributed by atoms with van der Waals surface area (Å²) in [6.07, 6.45) is 4.84. The first-order valence-corrected chi connectivity index (χ1v) is 15.4. The number of pyridine rings is 1. The molecule has 45 heavy (non-hydrogen) atoms. The number of nitriles is 1. The van der Waals surface area contributed by atoms with Crippen molar-refractivity contribution in [3.8, 4) is 6.07 Å². The van der Waals surface area contributed by atoms with E-state index in [-0.39, 0.29) is 23.7 Å². The first kappa shape index (κ1) is 32.9. The molecule has 0 spiro atoms. The van der Waals surface area contributed by atoms with Crippen LogP contribution in [0, 0.1) is 17.1 Å². The Morgan fingerprint density at radius 1 is 1.13 bits per heavy atom. The van der Waals surface area contributed by atoms with E-state index in [9.17, 15) is 10.1 Å². The molecular weight excluding hydrogens is 563 g/mol. The van der Waals surface area contributed by atoms with Gasteiger partial charge >= 0.3 is 0 Å². The van der Waals surface area contributed by atoms with Crippen molar-refractivity contribution in [2.24, 2.45) is 4.99 Å². The summed E-state index contributed by atoms with van der Waals surface area (Å²) in [4.78, 5) is 28.8. The van der Waals surface area contributed by atoms with Crippen LogP contribution in [-0.2, 0) is 0 Å². The van der Waals surface area contributed by atoms with Crippen molar-refractivity contribution in [2.45, 2.75) is 53.5 Å². The van der Waals surface area contributed by atoms with Gasteiger partial charge in [-0.15, -0.1) is 0 Å². The summed E-state index contributed by atoms with van der Waals surface area (Å²) in [7, 11) is 0. The predicted molar refractivity (Wildman–Crippen MR) is 180 cm³/mol. The Balaban J connectivity index is 0.00000226. The van der Waals surface area contributed by atoms with Gasteiger partial charge in [0.25, 0.3) is 5.91 Å². The number of benzene rings is 2. The quantitative estimate of drug-likeness (QED) is 0.287. The molecule has 3 aromatic rings. The molecule has 1 fully saturated rings. The third-order valence-corrected chi connectivity index (χ3v) is 8.02. The van der Waals surface area contributed by atoms with Crippen LogP contribution in [-0.4, -0.2) is 52.2 Å². The number of nitrogens with zero attached hydrogens (tertiary/aromatic N) is 6. The highest BCUT2D eigenvalue weighted by Crippen LogP contribution is 2.39. The SMILES string of the molecule is C=CN=C1/C(=C(\C)N2CCN(C(=O)c3ccccc3C(C)C)C(C)C2)C(c2ccccc2F)=CN1c1cc(C#N)ccn1.CC. The number of hydrogen-bond acceptors (Lipinski definition) is 5. The molecule has 1 aromatic heterocycles. The monoisotopic (exact) mass is 604 g/mol. The van der Waals surface area contributed by atoms with Crippen LogP contribution in [0.4, 0.5) is 10.2 Å². The van der Waals surface area contributed by atoms with Crippen molar-refractivity contribution in [3.63, 3.8) is 0 Å². The number of carbonyl (C=O) groups is 1. The van der Waals surface area contributed by atoms with Gasteiger partial charge in [0.05, 0.1) is 11.6 Å². The number of anilines is 1. The molecule has 5 rings (SSSR count). The Labute approximate surface area is 266 Å². The second kappa shape index (κ2) is 14.6. The number of hydrogen-bond donors (Lipinski definition) is 0. The molecule has 1 saturated heterocycles. The van der Waals surface area contributed by atoms with Crippen LogP contribution in [0.3, 0.4) is 0 Å². The average molecular weight is 605 g/mol. The lowest BCUT2D eigenvalue weighted by Crippen LogP contribution is -2.53. The topological polar surface area (TPSA) is 75.8 Å². The van der Waals surface area contributed by atoms with E-state index in [1.165, 1.54) is 12.3 Å². The standard InChI is InChI=1S/C35H35FN6O.C2H6/c1-6-38-34-33(30(28-12-9-10-14-31(28)36)22-42(34)32-19-26(20-37)15-16-39-32)25(5)40-17-18-41(24(4)21-40)35(43)29-13-8-7-11-27(29)23(2)3;1-2/h6-16,19,22-24H,1,17-18,21H2,2-5H3;1-2H3/b33-25+,38-34?;. The zero-order valence-electron chi connectivity index (χ0n) is 27.0. The van der Waals surface area contributed by atoms with E-state index in [0.29, 0.717) is 48.0 Å². The van der Waals surface area contributed by atoms with E-state index in [1.54, 1.807) is 41.4 Å². The highest BCUT2D eigenvalue weighted by atomic mass is 19.1. The van der Waals surface area contributed by atoms with Crippen LogP contribution in [0.2, 0.25) is 0 Å². The fourth-order valence-electron chi connectivity index (χ4n) is 5.82. The van der Waals surface area contributed by atoms with Crippen molar-refractivity contribution in [3.05, 3.63) is 125 Å². The van der Waals surface area contributed by atoms with E-state index in [0.717, 1.165) is 22.4 Å². The van der Waals surface area contributed by atoms with Gasteiger partial charge in [-0.1, -0.05) is 70.7 Å². The fraction of sp³-hybridized carbons (Fsp3) is 0.297. The minimum Gasteiger partial charge on any atom is -0.371 e. The summed E-state index contributed by atoms with van der Waals surface area (Å²) >= 11 is 0. The van der Waals surface area contributed by atoms with Gasteiger partial charge in [0.2, 0.25) is 0 Å². The van der Waals surface area contributed by atoms with Gasteiger partial charge in [0.1, 0.15) is 17.5 Å². The molecular formula is C37H41FN6O. The highest BCUT2D eigenvalue weighted by molar-refractivity contribution is 6.25. The van der Waals surface area contributed by atoms with Crippen molar-refractivity contribution in [2.75, 3.05) is 24.5 Å². The van der Waals surface area contributed by atoms with Crippen LogP contribution >= 0.6 is 0 Å². The number of piperazine rings is 1. The first-order chi connectivity index (χ1) is 21.7. The molecule has 1 unspecified atom stereocenters. The summed E-state index contributed by atoms with van der Waals surface area (Å²) in [5.74, 6) is 0.945. The van der Waals surface area contributed by atoms with Gasteiger partial charge < -0.3 is 9.80 Å². The lowest BCUT2D eigenvalue weighted by atomic mass is 9.95.